The van der Waals surface area contributed by atoms with Gasteiger partial charge in [-0.1, -0.05) is 36.4 Å². The van der Waals surface area contributed by atoms with Crippen LogP contribution in [0.5, 0.6) is 0 Å². The minimum Gasteiger partial charge on any atom is -0.206 e. The molecular weight excluding hydrogens is 395 g/mol. The molecule has 0 heterocycles. The van der Waals surface area contributed by atoms with E-state index < -0.39 is 17.2 Å². The lowest BCUT2D eigenvalue weighted by atomic mass is 9.78. The summed E-state index contributed by atoms with van der Waals surface area (Å²) in [6, 6.07) is 13.5. The number of hydrogen-bond acceptors (Lipinski definition) is 1. The van der Waals surface area contributed by atoms with Crippen molar-refractivity contribution >= 4 is 10.8 Å². The second-order valence-corrected chi connectivity index (χ2v) is 8.41. The molecular formula is C27H24F3N. The van der Waals surface area contributed by atoms with Crippen LogP contribution in [0, 0.1) is 34.7 Å². The first kappa shape index (κ1) is 21.2. The summed E-state index contributed by atoms with van der Waals surface area (Å²) in [6.07, 6.45) is 7.20. The summed E-state index contributed by atoms with van der Waals surface area (Å²) in [5, 5.41) is 10.2. The number of aryl methyl sites for hydroxylation is 2. The van der Waals surface area contributed by atoms with Gasteiger partial charge in [0.25, 0.3) is 0 Å². The Labute approximate surface area is 180 Å². The molecule has 0 N–H and O–H groups in total. The van der Waals surface area contributed by atoms with E-state index in [0.717, 1.165) is 43.2 Å². The fourth-order valence-corrected chi connectivity index (χ4v) is 4.65. The molecule has 0 atom stereocenters. The number of rotatable bonds is 5. The van der Waals surface area contributed by atoms with Crippen LogP contribution >= 0.6 is 0 Å². The third-order valence-electron chi connectivity index (χ3n) is 6.53. The second kappa shape index (κ2) is 8.98. The highest BCUT2D eigenvalue weighted by molar-refractivity contribution is 5.84. The van der Waals surface area contributed by atoms with E-state index in [0.29, 0.717) is 34.8 Å². The molecule has 1 aliphatic rings. The molecule has 0 spiro atoms. The summed E-state index contributed by atoms with van der Waals surface area (Å²) in [5.41, 5.74) is 1.58. The third kappa shape index (κ3) is 4.37. The number of benzene rings is 3. The van der Waals surface area contributed by atoms with Gasteiger partial charge in [0.2, 0.25) is 0 Å². The topological polar surface area (TPSA) is 23.8 Å². The minimum absolute atomic E-state index is 0.283. The fraction of sp³-hybridized carbons (Fsp3) is 0.296. The quantitative estimate of drug-likeness (QED) is 0.396. The Hall–Kier alpha value is -3.06. The molecule has 3 aromatic carbocycles. The summed E-state index contributed by atoms with van der Waals surface area (Å²) in [5.74, 6) is -0.939. The lowest BCUT2D eigenvalue weighted by Crippen LogP contribution is -2.11. The van der Waals surface area contributed by atoms with E-state index in [4.69, 9.17) is 5.26 Å². The van der Waals surface area contributed by atoms with Gasteiger partial charge in [0.05, 0.1) is 0 Å². The number of nitriles is 1. The molecule has 1 aliphatic carbocycles. The van der Waals surface area contributed by atoms with Gasteiger partial charge in [0.15, 0.2) is 0 Å². The van der Waals surface area contributed by atoms with E-state index in [9.17, 15) is 8.78 Å². The van der Waals surface area contributed by atoms with Crippen molar-refractivity contribution in [3.63, 3.8) is 0 Å². The highest BCUT2D eigenvalue weighted by Crippen LogP contribution is 2.37. The maximum absolute atomic E-state index is 15.1. The van der Waals surface area contributed by atoms with Gasteiger partial charge in [-0.3, -0.25) is 0 Å². The average molecular weight is 419 g/mol. The van der Waals surface area contributed by atoms with Crippen LogP contribution in [0.25, 0.3) is 10.8 Å². The third-order valence-corrected chi connectivity index (χ3v) is 6.53. The van der Waals surface area contributed by atoms with Crippen molar-refractivity contribution in [1.29, 1.82) is 5.26 Å². The first-order chi connectivity index (χ1) is 15.0. The molecule has 1 nitrogen and oxygen atoms in total. The van der Waals surface area contributed by atoms with Crippen LogP contribution in [0.4, 0.5) is 13.2 Å². The van der Waals surface area contributed by atoms with Crippen LogP contribution in [0.2, 0.25) is 0 Å². The van der Waals surface area contributed by atoms with Gasteiger partial charge in [0, 0.05) is 5.39 Å². The zero-order valence-corrected chi connectivity index (χ0v) is 17.3. The Morgan fingerprint density at radius 2 is 1.65 bits per heavy atom. The van der Waals surface area contributed by atoms with Gasteiger partial charge in [-0.15, -0.1) is 6.58 Å². The normalized spacial score (nSPS) is 18.6. The van der Waals surface area contributed by atoms with Crippen LogP contribution in [-0.2, 0) is 12.8 Å². The van der Waals surface area contributed by atoms with Crippen LogP contribution in [0.3, 0.4) is 0 Å². The van der Waals surface area contributed by atoms with E-state index in [1.54, 1.807) is 6.07 Å². The Bertz CT molecular complexity index is 1140. The van der Waals surface area contributed by atoms with Gasteiger partial charge in [-0.05, 0) is 84.6 Å². The summed E-state index contributed by atoms with van der Waals surface area (Å²) < 4.78 is 42.8. The molecule has 0 radical (unpaired) electrons. The summed E-state index contributed by atoms with van der Waals surface area (Å²) in [4.78, 5) is 0. The van der Waals surface area contributed by atoms with Crippen molar-refractivity contribution in [2.24, 2.45) is 5.92 Å². The number of halogens is 3. The first-order valence-electron chi connectivity index (χ1n) is 10.7. The smallest absolute Gasteiger partial charge is 0.144 e. The SMILES string of the molecule is C=CC1CCC(c2ccc3c(F)c(CCc4cc(F)c(C#N)c(F)c4)ccc3c2)CC1. The highest BCUT2D eigenvalue weighted by atomic mass is 19.1. The molecule has 158 valence electrons. The molecule has 0 unspecified atom stereocenters. The molecule has 0 saturated heterocycles. The van der Waals surface area contributed by atoms with Crippen LogP contribution < -0.4 is 0 Å². The maximum Gasteiger partial charge on any atom is 0.144 e. The van der Waals surface area contributed by atoms with Crippen molar-refractivity contribution in [3.05, 3.63) is 94.8 Å². The van der Waals surface area contributed by atoms with E-state index in [-0.39, 0.29) is 12.2 Å². The average Bonchev–Trinajstić information content (AvgIpc) is 2.78. The number of nitrogens with zero attached hydrogens (tertiary/aromatic N) is 1. The number of allylic oxidation sites excluding steroid dienone is 1. The largest absolute Gasteiger partial charge is 0.206 e. The van der Waals surface area contributed by atoms with Crippen molar-refractivity contribution < 1.29 is 13.2 Å². The molecule has 4 heteroatoms. The van der Waals surface area contributed by atoms with E-state index in [1.165, 1.54) is 11.6 Å². The van der Waals surface area contributed by atoms with Gasteiger partial charge in [0.1, 0.15) is 29.1 Å². The summed E-state index contributed by atoms with van der Waals surface area (Å²) in [7, 11) is 0. The molecule has 4 rings (SSSR count). The van der Waals surface area contributed by atoms with E-state index in [2.05, 4.69) is 12.6 Å². The highest BCUT2D eigenvalue weighted by Gasteiger charge is 2.21. The molecule has 0 aliphatic heterocycles. The van der Waals surface area contributed by atoms with Crippen LogP contribution in [0.15, 0.2) is 55.1 Å². The lowest BCUT2D eigenvalue weighted by molar-refractivity contribution is 0.376. The molecule has 0 amide bonds. The van der Waals surface area contributed by atoms with Gasteiger partial charge in [-0.2, -0.15) is 5.26 Å². The molecule has 3 aromatic rings. The Morgan fingerprint density at radius 1 is 0.935 bits per heavy atom. The van der Waals surface area contributed by atoms with Gasteiger partial charge in [-0.25, -0.2) is 13.2 Å². The molecule has 0 aromatic heterocycles. The molecule has 1 saturated carbocycles. The predicted molar refractivity (Wildman–Crippen MR) is 117 cm³/mol. The molecule has 31 heavy (non-hydrogen) atoms. The summed E-state index contributed by atoms with van der Waals surface area (Å²) in [6.45, 7) is 3.90. The van der Waals surface area contributed by atoms with Crippen molar-refractivity contribution in [2.75, 3.05) is 0 Å². The predicted octanol–water partition coefficient (Wildman–Crippen LogP) is 7.37. The fourth-order valence-electron chi connectivity index (χ4n) is 4.65. The van der Waals surface area contributed by atoms with Crippen LogP contribution in [0.1, 0.15) is 53.9 Å². The van der Waals surface area contributed by atoms with Crippen molar-refractivity contribution in [3.8, 4) is 6.07 Å². The zero-order chi connectivity index (χ0) is 22.0. The van der Waals surface area contributed by atoms with Crippen LogP contribution in [-0.4, -0.2) is 0 Å². The number of fused-ring (bicyclic) bond motifs is 1. The lowest BCUT2D eigenvalue weighted by Gasteiger charge is -2.27. The standard InChI is InChI=1S/C27H24F3N/c1-2-17-3-6-19(7-4-17)21-11-12-23-22(15-21)10-9-20(27(23)30)8-5-18-13-25(28)24(16-31)26(29)14-18/h2,9-15,17,19H,1,3-8H2. The second-order valence-electron chi connectivity index (χ2n) is 8.41. The maximum atomic E-state index is 15.1. The van der Waals surface area contributed by atoms with Gasteiger partial charge < -0.3 is 0 Å². The Morgan fingerprint density at radius 3 is 2.29 bits per heavy atom. The first-order valence-corrected chi connectivity index (χ1v) is 10.7. The van der Waals surface area contributed by atoms with Crippen molar-refractivity contribution in [1.82, 2.24) is 0 Å². The molecule has 1 fully saturated rings. The van der Waals surface area contributed by atoms with E-state index >= 15 is 4.39 Å². The Balaban J connectivity index is 1.52. The monoisotopic (exact) mass is 419 g/mol. The minimum atomic E-state index is -0.883. The number of hydrogen-bond donors (Lipinski definition) is 0. The van der Waals surface area contributed by atoms with Gasteiger partial charge >= 0.3 is 0 Å². The van der Waals surface area contributed by atoms with Crippen molar-refractivity contribution in [2.45, 2.75) is 44.4 Å². The zero-order valence-electron chi connectivity index (χ0n) is 17.3. The molecule has 0 bridgehead atoms. The Kier molecular flexibility index (Phi) is 6.13. The van der Waals surface area contributed by atoms with E-state index in [1.807, 2.05) is 24.3 Å². The summed E-state index contributed by atoms with van der Waals surface area (Å²) >= 11 is 0.